The van der Waals surface area contributed by atoms with Crippen LogP contribution in [-0.2, 0) is 23.2 Å². The molecule has 2 aromatic rings. The van der Waals surface area contributed by atoms with Gasteiger partial charge in [0, 0.05) is 0 Å². The molecule has 2 aliphatic rings. The third kappa shape index (κ3) is 5.50. The number of fused-ring (bicyclic) bond motifs is 2. The molecular weight excluding hydrogens is 536 g/mol. The molecule has 0 nitrogen and oxygen atoms in total. The van der Waals surface area contributed by atoms with Gasteiger partial charge in [-0.15, -0.1) is 0 Å². The van der Waals surface area contributed by atoms with Crippen LogP contribution in [0.4, 0.5) is 0 Å². The molecule has 2 aromatic carbocycles. The van der Waals surface area contributed by atoms with Gasteiger partial charge in [-0.1, -0.05) is 0 Å². The quantitative estimate of drug-likeness (QED) is 0.470. The molecule has 0 aliphatic heterocycles. The predicted molar refractivity (Wildman–Crippen MR) is 130 cm³/mol. The van der Waals surface area contributed by atoms with Crippen molar-refractivity contribution in [3.63, 3.8) is 0 Å². The van der Waals surface area contributed by atoms with Gasteiger partial charge in [0.15, 0.2) is 0 Å². The molecule has 2 unspecified atom stereocenters. The van der Waals surface area contributed by atoms with Crippen LogP contribution < -0.4 is 24.8 Å². The fraction of sp³-hybridized carbons (Fsp3) is 0.385. The van der Waals surface area contributed by atoms with E-state index in [2.05, 4.69) is 102 Å². The number of allylic oxidation sites excluding steroid dienone is 2. The van der Waals surface area contributed by atoms with Crippen molar-refractivity contribution in [2.75, 3.05) is 13.3 Å². The molecule has 0 spiro atoms. The van der Waals surface area contributed by atoms with Crippen LogP contribution in [0.15, 0.2) is 59.2 Å². The van der Waals surface area contributed by atoms with Crippen LogP contribution in [0.25, 0.3) is 12.2 Å². The van der Waals surface area contributed by atoms with Crippen molar-refractivity contribution in [3.8, 4) is 0 Å². The molecule has 2 aliphatic carbocycles. The van der Waals surface area contributed by atoms with Crippen LogP contribution in [0, 0.1) is 0 Å². The van der Waals surface area contributed by atoms with E-state index < -0.39 is 23.2 Å². The first-order valence-electron chi connectivity index (χ1n) is 10.7. The minimum Gasteiger partial charge on any atom is -1.00 e. The summed E-state index contributed by atoms with van der Waals surface area (Å²) in [6.07, 6.45) is 5.15. The summed E-state index contributed by atoms with van der Waals surface area (Å²) in [5.74, 6) is 0. The Morgan fingerprint density at radius 2 is 1.10 bits per heavy atom. The smallest absolute Gasteiger partial charge is 1.00 e. The molecule has 0 saturated heterocycles. The summed E-state index contributed by atoms with van der Waals surface area (Å²) < 4.78 is 1.48. The molecular formula is C26H32Cl2P2Zr. The van der Waals surface area contributed by atoms with Gasteiger partial charge in [0.1, 0.15) is 0 Å². The van der Waals surface area contributed by atoms with Crippen LogP contribution >= 0.6 is 15.8 Å². The zero-order valence-corrected chi connectivity index (χ0v) is 25.0. The molecule has 0 heterocycles. The number of benzene rings is 2. The van der Waals surface area contributed by atoms with Crippen LogP contribution in [0.3, 0.4) is 0 Å². The van der Waals surface area contributed by atoms with E-state index in [9.17, 15) is 0 Å². The zero-order chi connectivity index (χ0) is 20.7. The van der Waals surface area contributed by atoms with E-state index in [1.165, 1.54) is 11.1 Å². The van der Waals surface area contributed by atoms with E-state index in [1.54, 1.807) is 16.4 Å². The molecule has 164 valence electrons. The molecule has 0 N–H and O–H groups in total. The normalized spacial score (nSPS) is 18.9. The van der Waals surface area contributed by atoms with Gasteiger partial charge in [0.2, 0.25) is 0 Å². The van der Waals surface area contributed by atoms with Crippen molar-refractivity contribution in [1.29, 1.82) is 0 Å². The second kappa shape index (κ2) is 11.6. The summed E-state index contributed by atoms with van der Waals surface area (Å²) in [4.78, 5) is 0. The Labute approximate surface area is 215 Å². The second-order valence-electron chi connectivity index (χ2n) is 8.92. The Morgan fingerprint density at radius 1 is 0.677 bits per heavy atom. The first-order chi connectivity index (χ1) is 13.9. The van der Waals surface area contributed by atoms with E-state index >= 15 is 0 Å². The molecule has 0 aromatic heterocycles. The van der Waals surface area contributed by atoms with Gasteiger partial charge < -0.3 is 24.8 Å². The Morgan fingerprint density at radius 3 is 1.55 bits per heavy atom. The van der Waals surface area contributed by atoms with Gasteiger partial charge in [0.25, 0.3) is 0 Å². The SMILES string of the molecule is CC(C)P(C1=Cc2ccccc2[CH]1[Zr+2][CH]1C(P(C)C)=Cc2ccccc21)C(C)C.[Cl-].[Cl-]. The monoisotopic (exact) mass is 566 g/mol. The minimum atomic E-state index is -0.766. The Bertz CT molecular complexity index is 957. The van der Waals surface area contributed by atoms with Gasteiger partial charge in [0.05, 0.1) is 0 Å². The first-order valence-corrected chi connectivity index (χ1v) is 17.3. The van der Waals surface area contributed by atoms with Crippen molar-refractivity contribution >= 4 is 28.0 Å². The fourth-order valence-electron chi connectivity index (χ4n) is 4.93. The van der Waals surface area contributed by atoms with Gasteiger partial charge in [-0.05, 0) is 0 Å². The first kappa shape index (κ1) is 27.5. The molecule has 2 atom stereocenters. The summed E-state index contributed by atoms with van der Waals surface area (Å²) in [5.41, 5.74) is 7.79. The minimum absolute atomic E-state index is 0. The fourth-order valence-corrected chi connectivity index (χ4v) is 17.2. The molecule has 0 bridgehead atoms. The van der Waals surface area contributed by atoms with Crippen molar-refractivity contribution < 1.29 is 48.0 Å². The van der Waals surface area contributed by atoms with E-state index in [4.69, 9.17) is 0 Å². The Hall–Kier alpha value is 0.243. The van der Waals surface area contributed by atoms with Crippen molar-refractivity contribution in [2.24, 2.45) is 0 Å². The van der Waals surface area contributed by atoms with Gasteiger partial charge >= 0.3 is 192 Å². The molecule has 4 rings (SSSR count). The summed E-state index contributed by atoms with van der Waals surface area (Å²) in [6.45, 7) is 14.7. The molecule has 5 heteroatoms. The van der Waals surface area contributed by atoms with E-state index in [0.717, 1.165) is 18.6 Å². The number of hydrogen-bond donors (Lipinski definition) is 0. The van der Waals surface area contributed by atoms with Crippen LogP contribution in [0.1, 0.15) is 57.2 Å². The van der Waals surface area contributed by atoms with E-state index in [-0.39, 0.29) is 40.7 Å². The number of rotatable bonds is 6. The van der Waals surface area contributed by atoms with E-state index in [0.29, 0.717) is 0 Å². The average molecular weight is 569 g/mol. The van der Waals surface area contributed by atoms with Crippen LogP contribution in [0.5, 0.6) is 0 Å². The van der Waals surface area contributed by atoms with Crippen molar-refractivity contribution in [1.82, 2.24) is 0 Å². The standard InChI is InChI=1S/C15H20P.C11H12P.2ClH.Zr/c1-11(2)16(12(3)4)15-9-13-7-5-6-8-14(13)10-15;1-12(2)11-7-9-5-3-4-6-10(9)8-11;;;/h5-12H,1-4H3;3-8H,1-2H3;2*1H;/q;;;;+2/p-2. The Balaban J connectivity index is 0.00000171. The third-order valence-electron chi connectivity index (χ3n) is 6.07. The molecule has 0 amide bonds. The summed E-state index contributed by atoms with van der Waals surface area (Å²) >= 11 is -0.766. The van der Waals surface area contributed by atoms with Crippen molar-refractivity contribution in [2.45, 2.75) is 46.3 Å². The maximum absolute atomic E-state index is 2.61. The largest absolute Gasteiger partial charge is 1.00 e. The number of hydrogen-bond acceptors (Lipinski definition) is 0. The molecule has 0 fully saturated rings. The predicted octanol–water partition coefficient (Wildman–Crippen LogP) is 2.31. The summed E-state index contributed by atoms with van der Waals surface area (Å²) in [6, 6.07) is 18.5. The van der Waals surface area contributed by atoms with Crippen molar-refractivity contribution in [3.05, 3.63) is 81.4 Å². The maximum atomic E-state index is 2.61. The van der Waals surface area contributed by atoms with Gasteiger partial charge in [-0.3, -0.25) is 0 Å². The summed E-state index contributed by atoms with van der Waals surface area (Å²) in [7, 11) is -0.133. The zero-order valence-electron chi connectivity index (χ0n) is 19.2. The van der Waals surface area contributed by atoms with Crippen LogP contribution in [-0.4, -0.2) is 24.6 Å². The Kier molecular flexibility index (Phi) is 10.3. The maximum Gasteiger partial charge on any atom is -1.00 e. The number of halogens is 2. The van der Waals surface area contributed by atoms with E-state index in [1.807, 2.05) is 5.31 Å². The molecule has 0 radical (unpaired) electrons. The van der Waals surface area contributed by atoms with Gasteiger partial charge in [-0.25, -0.2) is 0 Å². The second-order valence-corrected chi connectivity index (χ2v) is 18.3. The third-order valence-corrected chi connectivity index (χ3v) is 16.6. The average Bonchev–Trinajstić information content (AvgIpc) is 3.21. The summed E-state index contributed by atoms with van der Waals surface area (Å²) in [5, 5.41) is 3.58. The molecule has 31 heavy (non-hydrogen) atoms. The van der Waals surface area contributed by atoms with Gasteiger partial charge in [-0.2, -0.15) is 0 Å². The topological polar surface area (TPSA) is 0 Å². The molecule has 0 saturated carbocycles. The van der Waals surface area contributed by atoms with Crippen LogP contribution in [0.2, 0.25) is 0 Å².